The van der Waals surface area contributed by atoms with Crippen molar-refractivity contribution in [3.05, 3.63) is 30.1 Å². The van der Waals surface area contributed by atoms with Crippen LogP contribution in [0.3, 0.4) is 0 Å². The molecule has 0 saturated heterocycles. The summed E-state index contributed by atoms with van der Waals surface area (Å²) in [5.74, 6) is 4.09. The zero-order valence-electron chi connectivity index (χ0n) is 14.4. The van der Waals surface area contributed by atoms with E-state index in [-0.39, 0.29) is 0 Å². The Kier molecular flexibility index (Phi) is 6.01. The van der Waals surface area contributed by atoms with Crippen LogP contribution in [0, 0.1) is 0 Å². The van der Waals surface area contributed by atoms with Crippen LogP contribution in [0.4, 0.5) is 0 Å². The highest BCUT2D eigenvalue weighted by Gasteiger charge is 2.21. The summed E-state index contributed by atoms with van der Waals surface area (Å²) >= 11 is 1.69. The number of benzene rings is 1. The first kappa shape index (κ1) is 17.1. The van der Waals surface area contributed by atoms with Gasteiger partial charge in [-0.15, -0.1) is 10.2 Å². The molecule has 1 heterocycles. The largest absolute Gasteiger partial charge is 0.493 e. The maximum absolute atomic E-state index is 5.81. The summed E-state index contributed by atoms with van der Waals surface area (Å²) in [7, 11) is 3.73. The lowest BCUT2D eigenvalue weighted by atomic mass is 9.89. The Hall–Kier alpha value is -1.69. The van der Waals surface area contributed by atoms with Gasteiger partial charge < -0.3 is 14.0 Å². The van der Waals surface area contributed by atoms with Crippen LogP contribution in [0.25, 0.3) is 0 Å². The number of para-hydroxylation sites is 2. The van der Waals surface area contributed by atoms with Crippen molar-refractivity contribution in [2.45, 2.75) is 43.2 Å². The smallest absolute Gasteiger partial charge is 0.191 e. The van der Waals surface area contributed by atoms with Gasteiger partial charge in [0, 0.05) is 18.7 Å². The molecule has 0 amide bonds. The number of methoxy groups -OCH3 is 1. The first-order chi connectivity index (χ1) is 11.8. The molecule has 3 rings (SSSR count). The van der Waals surface area contributed by atoms with Crippen LogP contribution in [0.5, 0.6) is 11.5 Å². The molecule has 0 radical (unpaired) electrons. The van der Waals surface area contributed by atoms with E-state index in [1.807, 2.05) is 24.3 Å². The van der Waals surface area contributed by atoms with Crippen molar-refractivity contribution in [2.24, 2.45) is 7.05 Å². The number of nitrogens with zero attached hydrogens (tertiary/aromatic N) is 3. The second-order valence-electron chi connectivity index (χ2n) is 6.08. The van der Waals surface area contributed by atoms with Crippen molar-refractivity contribution in [1.29, 1.82) is 0 Å². The summed E-state index contributed by atoms with van der Waals surface area (Å²) in [5.41, 5.74) is 0. The predicted octanol–water partition coefficient (Wildman–Crippen LogP) is 4.04. The average molecular weight is 347 g/mol. The van der Waals surface area contributed by atoms with Gasteiger partial charge in [-0.3, -0.25) is 0 Å². The van der Waals surface area contributed by atoms with E-state index < -0.39 is 0 Å². The number of hydrogen-bond acceptors (Lipinski definition) is 5. The first-order valence-corrected chi connectivity index (χ1v) is 9.56. The summed E-state index contributed by atoms with van der Waals surface area (Å²) in [4.78, 5) is 0. The first-order valence-electron chi connectivity index (χ1n) is 8.57. The van der Waals surface area contributed by atoms with Gasteiger partial charge in [-0.2, -0.15) is 0 Å². The van der Waals surface area contributed by atoms with E-state index in [1.54, 1.807) is 18.9 Å². The molecule has 1 aromatic heterocycles. The van der Waals surface area contributed by atoms with Gasteiger partial charge in [0.2, 0.25) is 0 Å². The molecule has 130 valence electrons. The average Bonchev–Trinajstić information content (AvgIpc) is 3.00. The standard InChI is InChI=1S/C18H25N3O2S/c1-21-17(14-8-4-3-5-9-14)19-20-18(21)24-13-12-23-16-11-7-6-10-15(16)22-2/h6-7,10-11,14H,3-5,8-9,12-13H2,1-2H3. The topological polar surface area (TPSA) is 49.2 Å². The van der Waals surface area contributed by atoms with Gasteiger partial charge in [0.05, 0.1) is 13.7 Å². The fraction of sp³-hybridized carbons (Fsp3) is 0.556. The number of ether oxygens (including phenoxy) is 2. The monoisotopic (exact) mass is 347 g/mol. The third-order valence-corrected chi connectivity index (χ3v) is 5.46. The molecule has 0 spiro atoms. The van der Waals surface area contributed by atoms with E-state index in [2.05, 4.69) is 21.8 Å². The van der Waals surface area contributed by atoms with Gasteiger partial charge in [0.25, 0.3) is 0 Å². The fourth-order valence-electron chi connectivity index (χ4n) is 3.19. The van der Waals surface area contributed by atoms with E-state index in [0.29, 0.717) is 12.5 Å². The highest BCUT2D eigenvalue weighted by Crippen LogP contribution is 2.32. The second kappa shape index (κ2) is 8.42. The van der Waals surface area contributed by atoms with Crippen LogP contribution in [-0.2, 0) is 7.05 Å². The Morgan fingerprint density at radius 1 is 1.12 bits per heavy atom. The lowest BCUT2D eigenvalue weighted by molar-refractivity contribution is 0.313. The maximum Gasteiger partial charge on any atom is 0.191 e. The zero-order valence-corrected chi connectivity index (χ0v) is 15.2. The summed E-state index contributed by atoms with van der Waals surface area (Å²) in [6.07, 6.45) is 6.47. The third-order valence-electron chi connectivity index (χ3n) is 4.48. The lowest BCUT2D eigenvalue weighted by Gasteiger charge is -2.20. The normalized spacial score (nSPS) is 15.4. The summed E-state index contributed by atoms with van der Waals surface area (Å²) in [6.45, 7) is 0.608. The van der Waals surface area contributed by atoms with Crippen LogP contribution in [-0.4, -0.2) is 34.2 Å². The quantitative estimate of drug-likeness (QED) is 0.559. The van der Waals surface area contributed by atoms with Gasteiger partial charge in [-0.25, -0.2) is 0 Å². The van der Waals surface area contributed by atoms with Crippen molar-refractivity contribution in [1.82, 2.24) is 14.8 Å². The Labute approximate surface area is 147 Å². The number of thioether (sulfide) groups is 1. The van der Waals surface area contributed by atoms with E-state index in [9.17, 15) is 0 Å². The van der Waals surface area contributed by atoms with Crippen molar-refractivity contribution < 1.29 is 9.47 Å². The Morgan fingerprint density at radius 3 is 2.62 bits per heavy atom. The predicted molar refractivity (Wildman–Crippen MR) is 96.0 cm³/mol. The fourth-order valence-corrected chi connectivity index (χ4v) is 3.93. The molecule has 0 unspecified atom stereocenters. The van der Waals surface area contributed by atoms with Crippen LogP contribution in [0.15, 0.2) is 29.4 Å². The molecule has 0 bridgehead atoms. The zero-order chi connectivity index (χ0) is 16.8. The third kappa shape index (κ3) is 4.04. The molecule has 24 heavy (non-hydrogen) atoms. The summed E-state index contributed by atoms with van der Waals surface area (Å²) in [6, 6.07) is 7.71. The van der Waals surface area contributed by atoms with Gasteiger partial charge in [-0.05, 0) is 25.0 Å². The van der Waals surface area contributed by atoms with E-state index >= 15 is 0 Å². The van der Waals surface area contributed by atoms with Crippen LogP contribution in [0.1, 0.15) is 43.8 Å². The van der Waals surface area contributed by atoms with E-state index in [4.69, 9.17) is 9.47 Å². The molecule has 2 aromatic rings. The van der Waals surface area contributed by atoms with Crippen molar-refractivity contribution >= 4 is 11.8 Å². The van der Waals surface area contributed by atoms with Crippen molar-refractivity contribution in [3.8, 4) is 11.5 Å². The molecule has 1 aliphatic rings. The van der Waals surface area contributed by atoms with Gasteiger partial charge in [0.1, 0.15) is 5.82 Å². The highest BCUT2D eigenvalue weighted by molar-refractivity contribution is 7.99. The summed E-state index contributed by atoms with van der Waals surface area (Å²) < 4.78 is 13.3. The molecule has 1 aromatic carbocycles. The molecule has 1 saturated carbocycles. The maximum atomic E-state index is 5.81. The molecule has 1 aliphatic carbocycles. The second-order valence-corrected chi connectivity index (χ2v) is 7.14. The number of rotatable bonds is 7. The Balaban J connectivity index is 1.51. The van der Waals surface area contributed by atoms with Crippen LogP contribution in [0.2, 0.25) is 0 Å². The summed E-state index contributed by atoms with van der Waals surface area (Å²) in [5, 5.41) is 9.77. The molecule has 0 aliphatic heterocycles. The Bertz CT molecular complexity index is 653. The number of aromatic nitrogens is 3. The minimum Gasteiger partial charge on any atom is -0.493 e. The SMILES string of the molecule is COc1ccccc1OCCSc1nnc(C2CCCCC2)n1C. The Morgan fingerprint density at radius 2 is 1.88 bits per heavy atom. The minimum atomic E-state index is 0.579. The van der Waals surface area contributed by atoms with E-state index in [0.717, 1.165) is 28.2 Å². The van der Waals surface area contributed by atoms with Crippen LogP contribution >= 0.6 is 11.8 Å². The molecular formula is C18H25N3O2S. The molecule has 1 fully saturated rings. The molecule has 5 nitrogen and oxygen atoms in total. The van der Waals surface area contributed by atoms with E-state index in [1.165, 1.54) is 32.1 Å². The number of hydrogen-bond donors (Lipinski definition) is 0. The van der Waals surface area contributed by atoms with Crippen molar-refractivity contribution in [2.75, 3.05) is 19.5 Å². The van der Waals surface area contributed by atoms with Gasteiger partial charge in [-0.1, -0.05) is 43.2 Å². The molecule has 0 N–H and O–H groups in total. The van der Waals surface area contributed by atoms with Crippen molar-refractivity contribution in [3.63, 3.8) is 0 Å². The van der Waals surface area contributed by atoms with Crippen LogP contribution < -0.4 is 9.47 Å². The molecule has 6 heteroatoms. The highest BCUT2D eigenvalue weighted by atomic mass is 32.2. The van der Waals surface area contributed by atoms with Gasteiger partial charge >= 0.3 is 0 Å². The van der Waals surface area contributed by atoms with Gasteiger partial charge in [0.15, 0.2) is 16.7 Å². The molecular weight excluding hydrogens is 322 g/mol. The minimum absolute atomic E-state index is 0.579. The molecule has 0 atom stereocenters. The lowest BCUT2D eigenvalue weighted by Crippen LogP contribution is -2.10.